The number of carbonyl (C=O) groups is 1. The normalized spacial score (nSPS) is 17.4. The molecule has 1 atom stereocenters. The number of carbonyl (C=O) groups excluding carboxylic acids is 1. The van der Waals surface area contributed by atoms with Crippen LogP contribution < -0.4 is 10.1 Å². The molecule has 2 heterocycles. The number of ether oxygens (including phenoxy) is 2. The van der Waals surface area contributed by atoms with E-state index in [1.165, 1.54) is 57.8 Å². The van der Waals surface area contributed by atoms with Gasteiger partial charge in [0, 0.05) is 30.6 Å². The monoisotopic (exact) mass is 424 g/mol. The number of nitrogens with zero attached hydrogens (tertiary/aromatic N) is 1. The van der Waals surface area contributed by atoms with Crippen LogP contribution in [0.25, 0.3) is 0 Å². The van der Waals surface area contributed by atoms with Crippen molar-refractivity contribution in [2.45, 2.75) is 76.9 Å². The van der Waals surface area contributed by atoms with E-state index in [2.05, 4.69) is 17.2 Å². The number of unbranched alkanes of at least 4 members (excludes halogenated alkanes) is 9. The molecular formula is C26H36N2O3. The lowest BCUT2D eigenvalue weighted by atomic mass is 9.95. The van der Waals surface area contributed by atoms with Gasteiger partial charge in [-0.25, -0.2) is 0 Å². The lowest BCUT2D eigenvalue weighted by Gasteiger charge is -2.29. The van der Waals surface area contributed by atoms with E-state index in [9.17, 15) is 4.79 Å². The highest BCUT2D eigenvalue weighted by atomic mass is 16.5. The Morgan fingerprint density at radius 1 is 0.968 bits per heavy atom. The summed E-state index contributed by atoms with van der Waals surface area (Å²) in [4.78, 5) is 16.5. The third-order valence-electron chi connectivity index (χ3n) is 6.05. The standard InChI is InChI=1S/C26H36N2O3/c1-3-4-5-6-7-8-9-10-11-12-18-31-22-15-13-14-21(19-22)26(30-2)24-16-17-27-20-23(24)25(29)28-26/h13-17,19-20H,3-12,18H2,1-2H3,(H,28,29). The van der Waals surface area contributed by atoms with Crippen LogP contribution in [0, 0.1) is 0 Å². The molecule has 2 aromatic rings. The highest BCUT2D eigenvalue weighted by molar-refractivity contribution is 6.00. The Hall–Kier alpha value is -2.40. The number of hydrogen-bond donors (Lipinski definition) is 1. The van der Waals surface area contributed by atoms with Gasteiger partial charge in [0.1, 0.15) is 5.75 Å². The highest BCUT2D eigenvalue weighted by Gasteiger charge is 2.45. The molecule has 168 valence electrons. The van der Waals surface area contributed by atoms with Crippen molar-refractivity contribution in [3.05, 3.63) is 59.4 Å². The summed E-state index contributed by atoms with van der Waals surface area (Å²) in [5, 5.41) is 2.98. The van der Waals surface area contributed by atoms with E-state index in [4.69, 9.17) is 9.47 Å². The lowest BCUT2D eigenvalue weighted by Crippen LogP contribution is -2.42. The lowest BCUT2D eigenvalue weighted by molar-refractivity contribution is 0.00315. The summed E-state index contributed by atoms with van der Waals surface area (Å²) < 4.78 is 11.8. The Labute approximate surface area is 186 Å². The molecule has 1 aliphatic rings. The Kier molecular flexibility index (Phi) is 8.89. The third kappa shape index (κ3) is 5.85. The SMILES string of the molecule is CCCCCCCCCCCCOc1cccc(C2(OC)NC(=O)c3cnccc32)c1. The molecule has 0 saturated carbocycles. The molecule has 0 fully saturated rings. The third-order valence-corrected chi connectivity index (χ3v) is 6.05. The van der Waals surface area contributed by atoms with Gasteiger partial charge in [-0.05, 0) is 24.6 Å². The zero-order chi connectivity index (χ0) is 21.9. The fraction of sp³-hybridized carbons (Fsp3) is 0.538. The Morgan fingerprint density at radius 2 is 1.68 bits per heavy atom. The van der Waals surface area contributed by atoms with E-state index in [1.54, 1.807) is 19.5 Å². The molecular weight excluding hydrogens is 388 g/mol. The van der Waals surface area contributed by atoms with E-state index in [1.807, 2.05) is 30.3 Å². The molecule has 0 saturated heterocycles. The number of methoxy groups -OCH3 is 1. The molecule has 3 rings (SSSR count). The zero-order valence-corrected chi connectivity index (χ0v) is 19.0. The van der Waals surface area contributed by atoms with Gasteiger partial charge in [0.25, 0.3) is 5.91 Å². The van der Waals surface area contributed by atoms with Crippen molar-refractivity contribution in [2.75, 3.05) is 13.7 Å². The van der Waals surface area contributed by atoms with Crippen molar-refractivity contribution in [1.29, 1.82) is 0 Å². The van der Waals surface area contributed by atoms with E-state index in [0.29, 0.717) is 12.2 Å². The summed E-state index contributed by atoms with van der Waals surface area (Å²) in [5.41, 5.74) is 1.16. The second kappa shape index (κ2) is 11.8. The number of aromatic nitrogens is 1. The van der Waals surface area contributed by atoms with Gasteiger partial charge in [-0.1, -0.05) is 76.8 Å². The van der Waals surface area contributed by atoms with Gasteiger partial charge in [-0.15, -0.1) is 0 Å². The molecule has 1 unspecified atom stereocenters. The van der Waals surface area contributed by atoms with Gasteiger partial charge in [0.2, 0.25) is 0 Å². The van der Waals surface area contributed by atoms with Crippen molar-refractivity contribution in [3.8, 4) is 5.75 Å². The first kappa shape index (κ1) is 23.3. The molecule has 0 bridgehead atoms. The minimum absolute atomic E-state index is 0.179. The number of amides is 1. The van der Waals surface area contributed by atoms with Crippen LogP contribution in [0.2, 0.25) is 0 Å². The van der Waals surface area contributed by atoms with E-state index < -0.39 is 5.72 Å². The summed E-state index contributed by atoms with van der Waals surface area (Å²) in [6, 6.07) is 9.62. The molecule has 5 nitrogen and oxygen atoms in total. The molecule has 1 aromatic heterocycles. The largest absolute Gasteiger partial charge is 0.494 e. The molecule has 0 spiro atoms. The van der Waals surface area contributed by atoms with Crippen molar-refractivity contribution in [3.63, 3.8) is 0 Å². The van der Waals surface area contributed by atoms with Crippen LogP contribution in [-0.4, -0.2) is 24.6 Å². The van der Waals surface area contributed by atoms with Crippen LogP contribution in [0.5, 0.6) is 5.75 Å². The van der Waals surface area contributed by atoms with Crippen LogP contribution in [0.4, 0.5) is 0 Å². The second-order valence-corrected chi connectivity index (χ2v) is 8.32. The van der Waals surface area contributed by atoms with E-state index in [0.717, 1.165) is 23.3 Å². The fourth-order valence-corrected chi connectivity index (χ4v) is 4.27. The maximum atomic E-state index is 12.4. The number of pyridine rings is 1. The number of rotatable bonds is 14. The maximum Gasteiger partial charge on any atom is 0.256 e. The van der Waals surface area contributed by atoms with Crippen LogP contribution in [0.1, 0.15) is 92.6 Å². The van der Waals surface area contributed by atoms with Crippen LogP contribution in [0.15, 0.2) is 42.7 Å². The first-order valence-electron chi connectivity index (χ1n) is 11.8. The molecule has 1 aromatic carbocycles. The van der Waals surface area contributed by atoms with Crippen molar-refractivity contribution in [1.82, 2.24) is 10.3 Å². The van der Waals surface area contributed by atoms with Gasteiger partial charge < -0.3 is 14.8 Å². The van der Waals surface area contributed by atoms with Gasteiger partial charge in [-0.2, -0.15) is 0 Å². The van der Waals surface area contributed by atoms with Crippen LogP contribution in [-0.2, 0) is 10.5 Å². The Morgan fingerprint density at radius 3 is 2.39 bits per heavy atom. The van der Waals surface area contributed by atoms with Crippen LogP contribution in [0.3, 0.4) is 0 Å². The molecule has 31 heavy (non-hydrogen) atoms. The highest BCUT2D eigenvalue weighted by Crippen LogP contribution is 2.38. The van der Waals surface area contributed by atoms with Gasteiger partial charge in [0.05, 0.1) is 12.2 Å². The Bertz CT molecular complexity index is 839. The molecule has 1 N–H and O–H groups in total. The molecule has 0 radical (unpaired) electrons. The molecule has 1 amide bonds. The van der Waals surface area contributed by atoms with Gasteiger partial charge in [-0.3, -0.25) is 9.78 Å². The first-order chi connectivity index (χ1) is 15.2. The maximum absolute atomic E-state index is 12.4. The average molecular weight is 425 g/mol. The number of benzene rings is 1. The van der Waals surface area contributed by atoms with Crippen molar-refractivity contribution >= 4 is 5.91 Å². The summed E-state index contributed by atoms with van der Waals surface area (Å²) in [7, 11) is 1.60. The summed E-state index contributed by atoms with van der Waals surface area (Å²) in [5.74, 6) is 0.614. The molecule has 1 aliphatic heterocycles. The van der Waals surface area contributed by atoms with Crippen molar-refractivity contribution in [2.24, 2.45) is 0 Å². The predicted octanol–water partition coefficient (Wildman–Crippen LogP) is 5.97. The van der Waals surface area contributed by atoms with E-state index >= 15 is 0 Å². The van der Waals surface area contributed by atoms with Crippen molar-refractivity contribution < 1.29 is 14.3 Å². The smallest absolute Gasteiger partial charge is 0.256 e. The quantitative estimate of drug-likeness (QED) is 0.379. The predicted molar refractivity (Wildman–Crippen MR) is 123 cm³/mol. The molecule has 5 heteroatoms. The topological polar surface area (TPSA) is 60.5 Å². The summed E-state index contributed by atoms with van der Waals surface area (Å²) in [6.07, 6.45) is 16.3. The Balaban J connectivity index is 1.46. The minimum Gasteiger partial charge on any atom is -0.494 e. The number of hydrogen-bond acceptors (Lipinski definition) is 4. The van der Waals surface area contributed by atoms with Gasteiger partial charge in [0.15, 0.2) is 5.72 Å². The average Bonchev–Trinajstić information content (AvgIpc) is 3.11. The van der Waals surface area contributed by atoms with E-state index in [-0.39, 0.29) is 5.91 Å². The second-order valence-electron chi connectivity index (χ2n) is 8.32. The zero-order valence-electron chi connectivity index (χ0n) is 19.0. The summed E-state index contributed by atoms with van der Waals surface area (Å²) in [6.45, 7) is 2.96. The number of fused-ring (bicyclic) bond motifs is 1. The van der Waals surface area contributed by atoms with Crippen LogP contribution >= 0.6 is 0 Å². The number of nitrogens with one attached hydrogen (secondary N) is 1. The first-order valence-corrected chi connectivity index (χ1v) is 11.8. The van der Waals surface area contributed by atoms with Gasteiger partial charge >= 0.3 is 0 Å². The summed E-state index contributed by atoms with van der Waals surface area (Å²) >= 11 is 0. The fourth-order valence-electron chi connectivity index (χ4n) is 4.27. The minimum atomic E-state index is -1.01. The molecule has 0 aliphatic carbocycles.